The van der Waals surface area contributed by atoms with Crippen LogP contribution < -0.4 is 18.9 Å². The number of aromatic nitrogens is 6. The van der Waals surface area contributed by atoms with Crippen molar-refractivity contribution in [3.8, 4) is 0 Å². The molecule has 12 nitrogen and oxygen atoms in total. The molecule has 46 heavy (non-hydrogen) atoms. The number of aryl methyl sites for hydroxylation is 8. The van der Waals surface area contributed by atoms with E-state index in [9.17, 15) is 0 Å². The first kappa shape index (κ1) is 36.0. The van der Waals surface area contributed by atoms with Gasteiger partial charge in [0.25, 0.3) is 0 Å². The van der Waals surface area contributed by atoms with Crippen LogP contribution in [0.3, 0.4) is 0 Å². The number of azo groups is 2. The summed E-state index contributed by atoms with van der Waals surface area (Å²) >= 11 is 0. The lowest BCUT2D eigenvalue weighted by molar-refractivity contribution is -0.681. The van der Waals surface area contributed by atoms with Crippen molar-refractivity contribution >= 4 is 34.6 Å². The molecule has 0 aliphatic carbocycles. The van der Waals surface area contributed by atoms with E-state index in [0.29, 0.717) is 0 Å². The van der Waals surface area contributed by atoms with Crippen molar-refractivity contribution in [3.63, 3.8) is 0 Å². The summed E-state index contributed by atoms with van der Waals surface area (Å²) in [4.78, 5) is 4.98. The van der Waals surface area contributed by atoms with Gasteiger partial charge in [0, 0.05) is 47.8 Å². The smallest absolute Gasteiger partial charge is 0.368 e. The van der Waals surface area contributed by atoms with Gasteiger partial charge in [-0.25, -0.2) is 9.13 Å². The Balaban J connectivity index is 0.00000288. The summed E-state index contributed by atoms with van der Waals surface area (Å²) in [6.07, 6.45) is 3.63. The third-order valence-corrected chi connectivity index (χ3v) is 8.40. The molecule has 1 aliphatic heterocycles. The molecule has 4 aromatic rings. The van der Waals surface area contributed by atoms with Gasteiger partial charge in [-0.1, -0.05) is 10.2 Å². The summed E-state index contributed by atoms with van der Waals surface area (Å²) in [6.45, 7) is 23.8. The summed E-state index contributed by atoms with van der Waals surface area (Å²) in [5.74, 6) is 1.53. The van der Waals surface area contributed by atoms with Gasteiger partial charge in [-0.05, 0) is 112 Å². The number of benzene rings is 2. The highest BCUT2D eigenvalue weighted by Gasteiger charge is 2.23. The van der Waals surface area contributed by atoms with Crippen LogP contribution in [0.1, 0.15) is 49.9 Å². The predicted molar refractivity (Wildman–Crippen MR) is 185 cm³/mol. The SMILES string of the molecule is CCn1nc[n+](CC)c1N=Nc1cc(C)c(N2CCN(c3cc(C)c(N=Nc4n(CC)nc[n+]4CC)cc3C)CC2)cc1C.[CH3-].[CH3-]. The second kappa shape index (κ2) is 15.7. The first-order chi connectivity index (χ1) is 21.3. The fourth-order valence-electron chi connectivity index (χ4n) is 5.72. The largest absolute Gasteiger partial charge is 0.403 e. The second-order valence-electron chi connectivity index (χ2n) is 11.3. The van der Waals surface area contributed by atoms with E-state index in [4.69, 9.17) is 0 Å². The Labute approximate surface area is 275 Å². The summed E-state index contributed by atoms with van der Waals surface area (Å²) in [5, 5.41) is 27.2. The number of hydrogen-bond acceptors (Lipinski definition) is 8. The van der Waals surface area contributed by atoms with Crippen LogP contribution in [-0.4, -0.2) is 45.7 Å². The molecule has 1 fully saturated rings. The molecule has 0 spiro atoms. The van der Waals surface area contributed by atoms with E-state index in [1.807, 2.05) is 31.2 Å². The molecule has 1 aliphatic rings. The van der Waals surface area contributed by atoms with Crippen molar-refractivity contribution in [2.45, 2.75) is 81.6 Å². The van der Waals surface area contributed by atoms with E-state index in [2.05, 4.69) is 120 Å². The van der Waals surface area contributed by atoms with Crippen LogP contribution in [-0.2, 0) is 26.2 Å². The van der Waals surface area contributed by atoms with Gasteiger partial charge in [-0.15, -0.1) is 9.36 Å². The van der Waals surface area contributed by atoms with Gasteiger partial charge in [-0.2, -0.15) is 0 Å². The van der Waals surface area contributed by atoms with Crippen LogP contribution in [0.2, 0.25) is 0 Å². The normalized spacial score (nSPS) is 13.5. The average molecular weight is 629 g/mol. The standard InChI is InChI=1S/C32H46N12.2CH3/c1-9-39-21-33-43(11-3)31(39)37-35-27-17-25(7)29(19-23(27)5)41-13-15-42(16-14-41)30-20-24(6)28(18-26(30)8)36-38-32-40(10-2)22-34-44(32)12-4;;/h17-22H,9-16H2,1-8H3;2*1H3/q+2;2*-1. The van der Waals surface area contributed by atoms with Gasteiger partial charge in [0.1, 0.15) is 11.4 Å². The number of rotatable bonds is 10. The van der Waals surface area contributed by atoms with Crippen LogP contribution >= 0.6 is 0 Å². The summed E-state index contributed by atoms with van der Waals surface area (Å²) in [5.41, 5.74) is 8.97. The van der Waals surface area contributed by atoms with E-state index in [-0.39, 0.29) is 14.9 Å². The Bertz CT molecular complexity index is 1500. The zero-order valence-electron chi connectivity index (χ0n) is 29.5. The van der Waals surface area contributed by atoms with Gasteiger partial charge >= 0.3 is 11.9 Å². The molecule has 0 unspecified atom stereocenters. The van der Waals surface area contributed by atoms with E-state index < -0.39 is 0 Å². The number of anilines is 2. The molecule has 0 radical (unpaired) electrons. The Kier molecular flexibility index (Phi) is 12.3. The number of hydrogen-bond donors (Lipinski definition) is 0. The van der Waals surface area contributed by atoms with Gasteiger partial charge < -0.3 is 24.7 Å². The fourth-order valence-corrected chi connectivity index (χ4v) is 5.72. The summed E-state index contributed by atoms with van der Waals surface area (Å²) in [6, 6.07) is 8.82. The van der Waals surface area contributed by atoms with E-state index in [1.165, 1.54) is 22.5 Å². The molecule has 1 saturated heterocycles. The molecule has 0 atom stereocenters. The zero-order chi connectivity index (χ0) is 31.4. The maximum atomic E-state index is 4.63. The minimum atomic E-state index is 0. The van der Waals surface area contributed by atoms with Gasteiger partial charge in [0.05, 0.1) is 26.2 Å². The molecule has 0 bridgehead atoms. The molecule has 2 aromatic heterocycles. The highest BCUT2D eigenvalue weighted by Crippen LogP contribution is 2.33. The number of piperazine rings is 1. The van der Waals surface area contributed by atoms with Crippen LogP contribution in [0.25, 0.3) is 0 Å². The van der Waals surface area contributed by atoms with Crippen LogP contribution in [0, 0.1) is 42.5 Å². The third-order valence-electron chi connectivity index (χ3n) is 8.40. The highest BCUT2D eigenvalue weighted by atomic mass is 15.4. The maximum absolute atomic E-state index is 4.63. The molecular weight excluding hydrogens is 576 g/mol. The molecule has 5 rings (SSSR count). The lowest BCUT2D eigenvalue weighted by Crippen LogP contribution is -2.47. The van der Waals surface area contributed by atoms with Crippen molar-refractivity contribution in [3.05, 3.63) is 74.0 Å². The molecule has 12 heteroatoms. The predicted octanol–water partition coefficient (Wildman–Crippen LogP) is 7.03. The van der Waals surface area contributed by atoms with E-state index in [0.717, 1.165) is 86.8 Å². The van der Waals surface area contributed by atoms with Gasteiger partial charge in [-0.3, -0.25) is 0 Å². The van der Waals surface area contributed by atoms with Crippen molar-refractivity contribution < 1.29 is 9.13 Å². The lowest BCUT2D eigenvalue weighted by Gasteiger charge is -2.39. The Morgan fingerprint density at radius 3 is 1.26 bits per heavy atom. The summed E-state index contributed by atoms with van der Waals surface area (Å²) in [7, 11) is 0. The first-order valence-corrected chi connectivity index (χ1v) is 15.7. The zero-order valence-corrected chi connectivity index (χ0v) is 29.5. The minimum absolute atomic E-state index is 0. The molecule has 0 N–H and O–H groups in total. The van der Waals surface area contributed by atoms with Gasteiger partial charge in [0.2, 0.25) is 12.7 Å². The Morgan fingerprint density at radius 1 is 0.565 bits per heavy atom. The topological polar surface area (TPSA) is 99.3 Å². The average Bonchev–Trinajstić information content (AvgIpc) is 3.64. The van der Waals surface area contributed by atoms with Crippen LogP contribution in [0.15, 0.2) is 57.4 Å². The summed E-state index contributed by atoms with van der Waals surface area (Å²) < 4.78 is 7.76. The minimum Gasteiger partial charge on any atom is -0.368 e. The first-order valence-electron chi connectivity index (χ1n) is 15.7. The van der Waals surface area contributed by atoms with Crippen molar-refractivity contribution in [2.75, 3.05) is 36.0 Å². The molecule has 248 valence electrons. The molecule has 2 aromatic carbocycles. The van der Waals surface area contributed by atoms with Crippen LogP contribution in [0.5, 0.6) is 0 Å². The molecule has 0 saturated carbocycles. The van der Waals surface area contributed by atoms with Crippen LogP contribution in [0.4, 0.5) is 34.6 Å². The maximum Gasteiger partial charge on any atom is 0.403 e. The van der Waals surface area contributed by atoms with Crippen molar-refractivity contribution in [1.82, 2.24) is 19.6 Å². The Morgan fingerprint density at radius 2 is 0.935 bits per heavy atom. The highest BCUT2D eigenvalue weighted by molar-refractivity contribution is 5.66. The monoisotopic (exact) mass is 628 g/mol. The quantitative estimate of drug-likeness (QED) is 0.107. The van der Waals surface area contributed by atoms with E-state index in [1.54, 1.807) is 0 Å². The molecular formula is C34H52N12. The van der Waals surface area contributed by atoms with Crippen molar-refractivity contribution in [1.29, 1.82) is 0 Å². The third kappa shape index (κ3) is 7.32. The molecule has 3 heterocycles. The van der Waals surface area contributed by atoms with Gasteiger partial charge in [0.15, 0.2) is 0 Å². The second-order valence-corrected chi connectivity index (χ2v) is 11.3. The van der Waals surface area contributed by atoms with Crippen molar-refractivity contribution in [2.24, 2.45) is 20.5 Å². The Hall–Kier alpha value is -4.48. The number of nitrogens with zero attached hydrogens (tertiary/aromatic N) is 12. The molecule has 0 amide bonds. The fraction of sp³-hybridized carbons (Fsp3) is 0.471. The van der Waals surface area contributed by atoms with E-state index >= 15 is 0 Å². The lowest BCUT2D eigenvalue weighted by atomic mass is 10.1.